The number of aromatic nitrogens is 2. The predicted octanol–water partition coefficient (Wildman–Crippen LogP) is 3.90. The van der Waals surface area contributed by atoms with Crippen LogP contribution in [0.1, 0.15) is 31.6 Å². The molecule has 108 valence electrons. The third-order valence-electron chi connectivity index (χ3n) is 4.20. The SMILES string of the molecule is CC(C1CCOCC1)n1c(CCl)nc2cc(F)ccc21. The number of nitrogens with zero attached hydrogens (tertiary/aromatic N) is 2. The van der Waals surface area contributed by atoms with Crippen LogP contribution in [-0.4, -0.2) is 22.8 Å². The van der Waals surface area contributed by atoms with Crippen LogP contribution in [0.4, 0.5) is 4.39 Å². The van der Waals surface area contributed by atoms with Crippen molar-refractivity contribution in [1.82, 2.24) is 9.55 Å². The summed E-state index contributed by atoms with van der Waals surface area (Å²) in [6.07, 6.45) is 2.09. The molecule has 0 radical (unpaired) electrons. The van der Waals surface area contributed by atoms with Gasteiger partial charge in [-0.15, -0.1) is 11.6 Å². The van der Waals surface area contributed by atoms with Gasteiger partial charge in [0, 0.05) is 25.3 Å². The fourth-order valence-electron chi connectivity index (χ4n) is 3.08. The third kappa shape index (κ3) is 2.42. The van der Waals surface area contributed by atoms with Gasteiger partial charge in [0.05, 0.1) is 16.9 Å². The standard InChI is InChI=1S/C15H18ClFN2O/c1-10(11-4-6-20-7-5-11)19-14-3-2-12(17)8-13(14)18-15(19)9-16/h2-3,8,10-11H,4-7,9H2,1H3. The van der Waals surface area contributed by atoms with Crippen LogP contribution in [-0.2, 0) is 10.6 Å². The van der Waals surface area contributed by atoms with Crippen molar-refractivity contribution in [2.75, 3.05) is 13.2 Å². The smallest absolute Gasteiger partial charge is 0.125 e. The van der Waals surface area contributed by atoms with Crippen LogP contribution in [0.5, 0.6) is 0 Å². The molecule has 1 aliphatic heterocycles. The summed E-state index contributed by atoms with van der Waals surface area (Å²) >= 11 is 6.02. The van der Waals surface area contributed by atoms with Crippen LogP contribution in [0.25, 0.3) is 11.0 Å². The molecule has 1 fully saturated rings. The molecule has 5 heteroatoms. The quantitative estimate of drug-likeness (QED) is 0.803. The first-order chi connectivity index (χ1) is 9.70. The lowest BCUT2D eigenvalue weighted by Crippen LogP contribution is -2.25. The van der Waals surface area contributed by atoms with Gasteiger partial charge in [0.15, 0.2) is 0 Å². The number of rotatable bonds is 3. The number of hydrogen-bond acceptors (Lipinski definition) is 2. The van der Waals surface area contributed by atoms with E-state index in [9.17, 15) is 4.39 Å². The van der Waals surface area contributed by atoms with Crippen LogP contribution in [0, 0.1) is 11.7 Å². The number of halogens is 2. The zero-order chi connectivity index (χ0) is 14.1. The molecule has 1 aromatic heterocycles. The van der Waals surface area contributed by atoms with Gasteiger partial charge < -0.3 is 9.30 Å². The normalized spacial score (nSPS) is 18.6. The van der Waals surface area contributed by atoms with Crippen molar-refractivity contribution in [3.63, 3.8) is 0 Å². The number of alkyl halides is 1. The molecule has 3 nitrogen and oxygen atoms in total. The lowest BCUT2D eigenvalue weighted by atomic mass is 9.92. The van der Waals surface area contributed by atoms with E-state index in [1.165, 1.54) is 12.1 Å². The van der Waals surface area contributed by atoms with Crippen molar-refractivity contribution in [3.05, 3.63) is 29.8 Å². The first kappa shape index (κ1) is 13.8. The minimum absolute atomic E-state index is 0.262. The average molecular weight is 297 g/mol. The molecule has 0 amide bonds. The summed E-state index contributed by atoms with van der Waals surface area (Å²) in [6.45, 7) is 3.81. The fraction of sp³-hybridized carbons (Fsp3) is 0.533. The molecule has 0 aliphatic carbocycles. The highest BCUT2D eigenvalue weighted by Crippen LogP contribution is 2.32. The van der Waals surface area contributed by atoms with Gasteiger partial charge in [0.1, 0.15) is 11.6 Å². The molecule has 3 rings (SSSR count). The Hall–Kier alpha value is -1.13. The number of ether oxygens (including phenoxy) is 1. The highest BCUT2D eigenvalue weighted by molar-refractivity contribution is 6.16. The maximum atomic E-state index is 13.3. The van der Waals surface area contributed by atoms with E-state index in [0.29, 0.717) is 23.4 Å². The molecule has 0 N–H and O–H groups in total. The third-order valence-corrected chi connectivity index (χ3v) is 4.44. The van der Waals surface area contributed by atoms with Crippen LogP contribution >= 0.6 is 11.6 Å². The van der Waals surface area contributed by atoms with E-state index in [4.69, 9.17) is 16.3 Å². The molecular formula is C15H18ClFN2O. The molecule has 0 saturated carbocycles. The van der Waals surface area contributed by atoms with Gasteiger partial charge in [-0.25, -0.2) is 9.37 Å². The number of fused-ring (bicyclic) bond motifs is 1. The Morgan fingerprint density at radius 1 is 1.45 bits per heavy atom. The molecule has 20 heavy (non-hydrogen) atoms. The molecule has 2 aromatic rings. The Labute approximate surface area is 122 Å². The molecule has 1 aliphatic rings. The zero-order valence-corrected chi connectivity index (χ0v) is 12.2. The second kappa shape index (κ2) is 5.70. The number of hydrogen-bond donors (Lipinski definition) is 0. The van der Waals surface area contributed by atoms with Gasteiger partial charge in [-0.2, -0.15) is 0 Å². The molecule has 2 heterocycles. The Bertz CT molecular complexity index is 607. The minimum atomic E-state index is -0.262. The first-order valence-corrected chi connectivity index (χ1v) is 7.54. The monoisotopic (exact) mass is 296 g/mol. The fourth-order valence-corrected chi connectivity index (χ4v) is 3.27. The summed E-state index contributed by atoms with van der Waals surface area (Å²) in [5, 5.41) is 0. The van der Waals surface area contributed by atoms with Gasteiger partial charge in [0.2, 0.25) is 0 Å². The lowest BCUT2D eigenvalue weighted by Gasteiger charge is -2.30. The van der Waals surface area contributed by atoms with Crippen LogP contribution in [0.15, 0.2) is 18.2 Å². The molecule has 0 spiro atoms. The Morgan fingerprint density at radius 2 is 2.20 bits per heavy atom. The summed E-state index contributed by atoms with van der Waals surface area (Å²) in [4.78, 5) is 4.47. The van der Waals surface area contributed by atoms with E-state index < -0.39 is 0 Å². The molecular weight excluding hydrogens is 279 g/mol. The van der Waals surface area contributed by atoms with Gasteiger partial charge >= 0.3 is 0 Å². The van der Waals surface area contributed by atoms with Crippen molar-refractivity contribution >= 4 is 22.6 Å². The summed E-state index contributed by atoms with van der Waals surface area (Å²) in [5.74, 6) is 1.44. The van der Waals surface area contributed by atoms with E-state index >= 15 is 0 Å². The van der Waals surface area contributed by atoms with E-state index in [2.05, 4.69) is 16.5 Å². The molecule has 1 saturated heterocycles. The molecule has 1 aromatic carbocycles. The Balaban J connectivity index is 2.04. The second-order valence-electron chi connectivity index (χ2n) is 5.36. The second-order valence-corrected chi connectivity index (χ2v) is 5.62. The van der Waals surface area contributed by atoms with Crippen LogP contribution in [0.2, 0.25) is 0 Å². The zero-order valence-electron chi connectivity index (χ0n) is 11.5. The van der Waals surface area contributed by atoms with Crippen molar-refractivity contribution < 1.29 is 9.13 Å². The van der Waals surface area contributed by atoms with Crippen molar-refractivity contribution in [2.45, 2.75) is 31.7 Å². The predicted molar refractivity (Wildman–Crippen MR) is 77.5 cm³/mol. The lowest BCUT2D eigenvalue weighted by molar-refractivity contribution is 0.0516. The largest absolute Gasteiger partial charge is 0.381 e. The van der Waals surface area contributed by atoms with Crippen molar-refractivity contribution in [3.8, 4) is 0 Å². The highest BCUT2D eigenvalue weighted by atomic mass is 35.5. The molecule has 1 unspecified atom stereocenters. The van der Waals surface area contributed by atoms with Gasteiger partial charge in [-0.3, -0.25) is 0 Å². The van der Waals surface area contributed by atoms with E-state index in [-0.39, 0.29) is 5.82 Å². The number of imidazole rings is 1. The summed E-state index contributed by atoms with van der Waals surface area (Å²) in [7, 11) is 0. The summed E-state index contributed by atoms with van der Waals surface area (Å²) in [6, 6.07) is 5.04. The Morgan fingerprint density at radius 3 is 2.90 bits per heavy atom. The number of benzene rings is 1. The topological polar surface area (TPSA) is 27.1 Å². The van der Waals surface area contributed by atoms with Crippen molar-refractivity contribution in [1.29, 1.82) is 0 Å². The van der Waals surface area contributed by atoms with Gasteiger partial charge in [0.25, 0.3) is 0 Å². The van der Waals surface area contributed by atoms with Crippen LogP contribution in [0.3, 0.4) is 0 Å². The van der Waals surface area contributed by atoms with Crippen molar-refractivity contribution in [2.24, 2.45) is 5.92 Å². The van der Waals surface area contributed by atoms with Gasteiger partial charge in [-0.1, -0.05) is 0 Å². The first-order valence-electron chi connectivity index (χ1n) is 7.00. The maximum Gasteiger partial charge on any atom is 0.125 e. The van der Waals surface area contributed by atoms with Crippen LogP contribution < -0.4 is 0 Å². The highest BCUT2D eigenvalue weighted by Gasteiger charge is 2.25. The summed E-state index contributed by atoms with van der Waals surface area (Å²) < 4.78 is 20.9. The molecule has 0 bridgehead atoms. The van der Waals surface area contributed by atoms with E-state index in [0.717, 1.165) is 37.4 Å². The van der Waals surface area contributed by atoms with Gasteiger partial charge in [-0.05, 0) is 37.8 Å². The summed E-state index contributed by atoms with van der Waals surface area (Å²) in [5.41, 5.74) is 1.64. The minimum Gasteiger partial charge on any atom is -0.381 e. The Kier molecular flexibility index (Phi) is 3.94. The van der Waals surface area contributed by atoms with E-state index in [1.54, 1.807) is 6.07 Å². The van der Waals surface area contributed by atoms with E-state index in [1.807, 2.05) is 0 Å². The average Bonchev–Trinajstić information content (AvgIpc) is 2.84. The molecule has 1 atom stereocenters. The maximum absolute atomic E-state index is 13.3.